The second kappa shape index (κ2) is 5.94. The zero-order valence-corrected chi connectivity index (χ0v) is 12.1. The fourth-order valence-electron chi connectivity index (χ4n) is 2.37. The Morgan fingerprint density at radius 3 is 2.75 bits per heavy atom. The predicted octanol–water partition coefficient (Wildman–Crippen LogP) is 1.57. The van der Waals surface area contributed by atoms with Gasteiger partial charge in [-0.2, -0.15) is 0 Å². The van der Waals surface area contributed by atoms with Crippen molar-refractivity contribution in [2.75, 3.05) is 18.6 Å². The number of hydrogen-bond acceptors (Lipinski definition) is 3. The van der Waals surface area contributed by atoms with E-state index in [0.29, 0.717) is 12.3 Å². The number of benzene rings is 1. The van der Waals surface area contributed by atoms with Crippen LogP contribution in [0.1, 0.15) is 20.3 Å². The lowest BCUT2D eigenvalue weighted by Crippen LogP contribution is -2.37. The Balaban J connectivity index is 2.15. The first kappa shape index (κ1) is 14.4. The lowest BCUT2D eigenvalue weighted by Gasteiger charge is -2.19. The van der Waals surface area contributed by atoms with Crippen LogP contribution in [0.4, 0.5) is 5.69 Å². The highest BCUT2D eigenvalue weighted by atomic mass is 16.5. The molecule has 0 spiro atoms. The van der Waals surface area contributed by atoms with E-state index in [1.54, 1.807) is 12.0 Å². The molecule has 1 unspecified atom stereocenters. The number of methoxy groups -OCH3 is 1. The first-order valence-electron chi connectivity index (χ1n) is 6.76. The SMILES string of the molecule is COc1ccccc1N1CC(C(=O)NC(C)C)CC1=O. The molecule has 2 amide bonds. The smallest absolute Gasteiger partial charge is 0.227 e. The Morgan fingerprint density at radius 2 is 2.10 bits per heavy atom. The van der Waals surface area contributed by atoms with Crippen LogP contribution in [0.5, 0.6) is 5.75 Å². The van der Waals surface area contributed by atoms with Gasteiger partial charge in [-0.3, -0.25) is 9.59 Å². The Morgan fingerprint density at radius 1 is 1.40 bits per heavy atom. The van der Waals surface area contributed by atoms with Crippen molar-refractivity contribution in [3.63, 3.8) is 0 Å². The molecule has 1 atom stereocenters. The van der Waals surface area contributed by atoms with Gasteiger partial charge in [0.15, 0.2) is 0 Å². The van der Waals surface area contributed by atoms with E-state index in [1.165, 1.54) is 0 Å². The highest BCUT2D eigenvalue weighted by molar-refractivity contribution is 6.01. The standard InChI is InChI=1S/C15H20N2O3/c1-10(2)16-15(19)11-8-14(18)17(9-11)12-6-4-5-7-13(12)20-3/h4-7,10-11H,8-9H2,1-3H3,(H,16,19). The van der Waals surface area contributed by atoms with E-state index in [0.717, 1.165) is 5.69 Å². The number of nitrogens with zero attached hydrogens (tertiary/aromatic N) is 1. The van der Waals surface area contributed by atoms with Crippen molar-refractivity contribution in [3.05, 3.63) is 24.3 Å². The molecule has 0 radical (unpaired) electrons. The number of anilines is 1. The van der Waals surface area contributed by atoms with E-state index in [-0.39, 0.29) is 30.2 Å². The first-order chi connectivity index (χ1) is 9.52. The van der Waals surface area contributed by atoms with Gasteiger partial charge in [-0.25, -0.2) is 0 Å². The molecule has 0 aliphatic carbocycles. The molecule has 1 heterocycles. The van der Waals surface area contributed by atoms with E-state index in [2.05, 4.69) is 5.32 Å². The Hall–Kier alpha value is -2.04. The predicted molar refractivity (Wildman–Crippen MR) is 76.7 cm³/mol. The maximum atomic E-state index is 12.1. The topological polar surface area (TPSA) is 58.6 Å². The van der Waals surface area contributed by atoms with Crippen LogP contribution in [0.15, 0.2) is 24.3 Å². The lowest BCUT2D eigenvalue weighted by atomic mass is 10.1. The number of nitrogens with one attached hydrogen (secondary N) is 1. The number of carbonyl (C=O) groups is 2. The summed E-state index contributed by atoms with van der Waals surface area (Å²) in [5.74, 6) is 0.240. The van der Waals surface area contributed by atoms with Crippen LogP contribution in [0.25, 0.3) is 0 Å². The monoisotopic (exact) mass is 276 g/mol. The largest absolute Gasteiger partial charge is 0.495 e. The molecule has 1 aliphatic heterocycles. The molecular weight excluding hydrogens is 256 g/mol. The minimum atomic E-state index is -0.296. The van der Waals surface area contributed by atoms with Crippen molar-refractivity contribution >= 4 is 17.5 Å². The molecule has 1 N–H and O–H groups in total. The summed E-state index contributed by atoms with van der Waals surface area (Å²) in [6.07, 6.45) is 0.247. The minimum Gasteiger partial charge on any atom is -0.495 e. The van der Waals surface area contributed by atoms with Crippen LogP contribution in [0, 0.1) is 5.92 Å². The molecule has 1 aromatic rings. The zero-order valence-electron chi connectivity index (χ0n) is 12.1. The number of ether oxygens (including phenoxy) is 1. The second-order valence-electron chi connectivity index (χ2n) is 5.24. The number of rotatable bonds is 4. The summed E-state index contributed by atoms with van der Waals surface area (Å²) in [5.41, 5.74) is 0.722. The van der Waals surface area contributed by atoms with Gasteiger partial charge in [0.2, 0.25) is 11.8 Å². The molecular formula is C15H20N2O3. The Labute approximate surface area is 118 Å². The van der Waals surface area contributed by atoms with Crippen LogP contribution in [-0.4, -0.2) is 31.5 Å². The molecule has 20 heavy (non-hydrogen) atoms. The number of amides is 2. The lowest BCUT2D eigenvalue weighted by molar-refractivity contribution is -0.126. The van der Waals surface area contributed by atoms with Crippen LogP contribution >= 0.6 is 0 Å². The summed E-state index contributed by atoms with van der Waals surface area (Å²) in [6.45, 7) is 4.22. The van der Waals surface area contributed by atoms with Crippen molar-refractivity contribution in [1.29, 1.82) is 0 Å². The number of para-hydroxylation sites is 2. The molecule has 1 fully saturated rings. The molecule has 2 rings (SSSR count). The van der Waals surface area contributed by atoms with Crippen LogP contribution in [0.2, 0.25) is 0 Å². The minimum absolute atomic E-state index is 0.0431. The van der Waals surface area contributed by atoms with Crippen molar-refractivity contribution in [1.82, 2.24) is 5.32 Å². The van der Waals surface area contributed by atoms with Gasteiger partial charge in [-0.05, 0) is 26.0 Å². The third-order valence-electron chi connectivity index (χ3n) is 3.30. The summed E-state index contributed by atoms with van der Waals surface area (Å²) in [7, 11) is 1.57. The van der Waals surface area contributed by atoms with Crippen LogP contribution in [0.3, 0.4) is 0 Å². The van der Waals surface area contributed by atoms with Gasteiger partial charge < -0.3 is 15.0 Å². The van der Waals surface area contributed by atoms with Crippen molar-refractivity contribution < 1.29 is 14.3 Å². The van der Waals surface area contributed by atoms with E-state index in [4.69, 9.17) is 4.74 Å². The molecule has 5 nitrogen and oxygen atoms in total. The summed E-state index contributed by atoms with van der Waals surface area (Å²) >= 11 is 0. The molecule has 1 aromatic carbocycles. The van der Waals surface area contributed by atoms with Gasteiger partial charge in [0.1, 0.15) is 5.75 Å². The quantitative estimate of drug-likeness (QED) is 0.908. The normalized spacial score (nSPS) is 18.5. The summed E-state index contributed by atoms with van der Waals surface area (Å²) in [5, 5.41) is 2.86. The second-order valence-corrected chi connectivity index (χ2v) is 5.24. The van der Waals surface area contributed by atoms with E-state index in [1.807, 2.05) is 38.1 Å². The molecule has 1 aliphatic rings. The van der Waals surface area contributed by atoms with Gasteiger partial charge in [-0.1, -0.05) is 12.1 Å². The maximum absolute atomic E-state index is 12.1. The molecule has 1 saturated heterocycles. The van der Waals surface area contributed by atoms with E-state index in [9.17, 15) is 9.59 Å². The average Bonchev–Trinajstić information content (AvgIpc) is 2.80. The fourth-order valence-corrected chi connectivity index (χ4v) is 2.37. The van der Waals surface area contributed by atoms with Gasteiger partial charge in [0.25, 0.3) is 0 Å². The van der Waals surface area contributed by atoms with Crippen molar-refractivity contribution in [2.45, 2.75) is 26.3 Å². The molecule has 0 aromatic heterocycles. The van der Waals surface area contributed by atoms with Crippen LogP contribution in [-0.2, 0) is 9.59 Å². The third kappa shape index (κ3) is 2.92. The summed E-state index contributed by atoms with van der Waals surface area (Å²) < 4.78 is 5.27. The Bertz CT molecular complexity index is 514. The summed E-state index contributed by atoms with van der Waals surface area (Å²) in [4.78, 5) is 25.8. The van der Waals surface area contributed by atoms with Gasteiger partial charge in [-0.15, -0.1) is 0 Å². The number of hydrogen-bond donors (Lipinski definition) is 1. The molecule has 5 heteroatoms. The average molecular weight is 276 g/mol. The van der Waals surface area contributed by atoms with Gasteiger partial charge in [0, 0.05) is 19.0 Å². The molecule has 0 saturated carbocycles. The highest BCUT2D eigenvalue weighted by Crippen LogP contribution is 2.32. The number of carbonyl (C=O) groups excluding carboxylic acids is 2. The Kier molecular flexibility index (Phi) is 4.27. The summed E-state index contributed by atoms with van der Waals surface area (Å²) in [6, 6.07) is 7.43. The third-order valence-corrected chi connectivity index (χ3v) is 3.30. The first-order valence-corrected chi connectivity index (χ1v) is 6.76. The highest BCUT2D eigenvalue weighted by Gasteiger charge is 2.36. The molecule has 0 bridgehead atoms. The van der Waals surface area contributed by atoms with Gasteiger partial charge in [0.05, 0.1) is 18.7 Å². The fraction of sp³-hybridized carbons (Fsp3) is 0.467. The zero-order chi connectivity index (χ0) is 14.7. The van der Waals surface area contributed by atoms with E-state index < -0.39 is 0 Å². The molecule has 108 valence electrons. The maximum Gasteiger partial charge on any atom is 0.227 e. The van der Waals surface area contributed by atoms with Crippen molar-refractivity contribution in [3.8, 4) is 5.75 Å². The van der Waals surface area contributed by atoms with E-state index >= 15 is 0 Å². The van der Waals surface area contributed by atoms with Crippen LogP contribution < -0.4 is 15.0 Å². The van der Waals surface area contributed by atoms with Crippen molar-refractivity contribution in [2.24, 2.45) is 5.92 Å². The van der Waals surface area contributed by atoms with Gasteiger partial charge >= 0.3 is 0 Å².